The first-order chi connectivity index (χ1) is 8.24. The number of benzene rings is 1. The number of nitrogens with two attached hydrogens (primary N) is 1. The lowest BCUT2D eigenvalue weighted by molar-refractivity contribution is 0.286. The summed E-state index contributed by atoms with van der Waals surface area (Å²) in [6.45, 7) is 2.30. The number of nitrogens with zero attached hydrogens (tertiary/aromatic N) is 2. The Labute approximate surface area is 99.6 Å². The second-order valence-electron chi connectivity index (χ2n) is 3.96. The zero-order valence-corrected chi connectivity index (χ0v) is 9.67. The molecule has 1 atom stereocenters. The molecule has 0 fully saturated rings. The van der Waals surface area contributed by atoms with E-state index in [2.05, 4.69) is 14.7 Å². The van der Waals surface area contributed by atoms with Crippen LogP contribution < -0.4 is 10.5 Å². The van der Waals surface area contributed by atoms with Crippen molar-refractivity contribution in [1.82, 2.24) is 10.1 Å². The Morgan fingerprint density at radius 3 is 2.71 bits per heavy atom. The molecule has 5 heteroatoms. The normalized spacial score (nSPS) is 12.4. The lowest BCUT2D eigenvalue weighted by Crippen LogP contribution is -2.17. The average Bonchev–Trinajstić information content (AvgIpc) is 2.80. The minimum Gasteiger partial charge on any atom is -0.485 e. The Morgan fingerprint density at radius 1 is 1.35 bits per heavy atom. The van der Waals surface area contributed by atoms with Crippen molar-refractivity contribution in [2.24, 2.45) is 5.73 Å². The predicted molar refractivity (Wildman–Crippen MR) is 62.4 cm³/mol. The third-order valence-corrected chi connectivity index (χ3v) is 2.26. The Bertz CT molecular complexity index is 437. The molecular weight excluding hydrogens is 218 g/mol. The second-order valence-corrected chi connectivity index (χ2v) is 3.96. The predicted octanol–water partition coefficient (Wildman–Crippen LogP) is 1.54. The fourth-order valence-corrected chi connectivity index (χ4v) is 1.50. The van der Waals surface area contributed by atoms with Crippen LogP contribution in [0, 0.1) is 0 Å². The maximum atomic E-state index is 5.73. The molecule has 2 aromatic rings. The average molecular weight is 233 g/mol. The van der Waals surface area contributed by atoms with Gasteiger partial charge in [-0.15, -0.1) is 0 Å². The quantitative estimate of drug-likeness (QED) is 0.847. The van der Waals surface area contributed by atoms with E-state index in [9.17, 15) is 0 Å². The van der Waals surface area contributed by atoms with Gasteiger partial charge in [0.05, 0.1) is 0 Å². The molecule has 2 N–H and O–H groups in total. The molecule has 1 aromatic heterocycles. The summed E-state index contributed by atoms with van der Waals surface area (Å²) in [5.74, 6) is 1.31. The highest BCUT2D eigenvalue weighted by molar-refractivity contribution is 5.27. The van der Waals surface area contributed by atoms with Crippen molar-refractivity contribution < 1.29 is 9.26 Å². The van der Waals surface area contributed by atoms with Gasteiger partial charge in [0.25, 0.3) is 0 Å². The molecule has 5 nitrogen and oxygen atoms in total. The van der Waals surface area contributed by atoms with Crippen LogP contribution in [0.5, 0.6) is 5.75 Å². The maximum Gasteiger partial charge on any atom is 0.213 e. The molecule has 2 rings (SSSR count). The lowest BCUT2D eigenvalue weighted by Gasteiger charge is -2.07. The summed E-state index contributed by atoms with van der Waals surface area (Å²) >= 11 is 0. The molecule has 90 valence electrons. The first-order valence-electron chi connectivity index (χ1n) is 5.46. The molecule has 17 heavy (non-hydrogen) atoms. The van der Waals surface area contributed by atoms with Crippen LogP contribution in [0.3, 0.4) is 0 Å². The van der Waals surface area contributed by atoms with E-state index in [1.165, 1.54) is 12.0 Å². The van der Waals surface area contributed by atoms with Gasteiger partial charge in [-0.1, -0.05) is 17.3 Å². The van der Waals surface area contributed by atoms with Crippen LogP contribution in [0.25, 0.3) is 0 Å². The van der Waals surface area contributed by atoms with E-state index in [0.717, 1.165) is 12.2 Å². The van der Waals surface area contributed by atoms with Crippen LogP contribution in [-0.4, -0.2) is 16.2 Å². The minimum absolute atomic E-state index is 0.168. The molecule has 0 saturated heterocycles. The molecule has 0 amide bonds. The summed E-state index contributed by atoms with van der Waals surface area (Å²) in [7, 11) is 0. The molecule has 0 aliphatic heterocycles. The van der Waals surface area contributed by atoms with E-state index in [0.29, 0.717) is 12.4 Å². The lowest BCUT2D eigenvalue weighted by atomic mass is 10.1. The number of hydrogen-bond acceptors (Lipinski definition) is 5. The van der Waals surface area contributed by atoms with Crippen molar-refractivity contribution in [1.29, 1.82) is 0 Å². The van der Waals surface area contributed by atoms with E-state index >= 15 is 0 Å². The number of rotatable bonds is 5. The van der Waals surface area contributed by atoms with Gasteiger partial charge in [0.15, 0.2) is 6.61 Å². The van der Waals surface area contributed by atoms with Gasteiger partial charge in [-0.2, -0.15) is 4.98 Å². The third-order valence-electron chi connectivity index (χ3n) is 2.26. The Balaban J connectivity index is 1.89. The van der Waals surface area contributed by atoms with Crippen molar-refractivity contribution in [2.75, 3.05) is 0 Å². The molecule has 0 bridgehead atoms. The second kappa shape index (κ2) is 5.45. The Kier molecular flexibility index (Phi) is 3.72. The van der Waals surface area contributed by atoms with Gasteiger partial charge in [0.2, 0.25) is 12.2 Å². The molecule has 0 aliphatic rings. The summed E-state index contributed by atoms with van der Waals surface area (Å²) < 4.78 is 10.1. The summed E-state index contributed by atoms with van der Waals surface area (Å²) in [6, 6.07) is 8.01. The third kappa shape index (κ3) is 3.57. The summed E-state index contributed by atoms with van der Waals surface area (Å²) in [4.78, 5) is 3.87. The molecule has 1 aromatic carbocycles. The monoisotopic (exact) mass is 233 g/mol. The van der Waals surface area contributed by atoms with Crippen molar-refractivity contribution in [3.8, 4) is 5.75 Å². The number of ether oxygens (including phenoxy) is 1. The number of aromatic nitrogens is 2. The van der Waals surface area contributed by atoms with Gasteiger partial charge in [-0.25, -0.2) is 0 Å². The van der Waals surface area contributed by atoms with E-state index < -0.39 is 0 Å². The SMILES string of the molecule is CC(N)Cc1ccc(OCc2ncon2)cc1. The number of hydrogen-bond donors (Lipinski definition) is 1. The van der Waals surface area contributed by atoms with E-state index in [-0.39, 0.29) is 6.04 Å². The first kappa shape index (κ1) is 11.6. The van der Waals surface area contributed by atoms with Crippen molar-refractivity contribution in [3.63, 3.8) is 0 Å². The summed E-state index contributed by atoms with van der Waals surface area (Å²) in [5.41, 5.74) is 6.93. The smallest absolute Gasteiger partial charge is 0.213 e. The first-order valence-corrected chi connectivity index (χ1v) is 5.46. The molecular formula is C12H15N3O2. The van der Waals surface area contributed by atoms with Crippen LogP contribution in [0.4, 0.5) is 0 Å². The van der Waals surface area contributed by atoms with E-state index in [1.54, 1.807) is 0 Å². The highest BCUT2D eigenvalue weighted by atomic mass is 16.5. The van der Waals surface area contributed by atoms with Gasteiger partial charge in [0, 0.05) is 6.04 Å². The summed E-state index contributed by atoms with van der Waals surface area (Å²) in [5, 5.41) is 3.66. The molecule has 0 radical (unpaired) electrons. The van der Waals surface area contributed by atoms with Gasteiger partial charge in [-0.3, -0.25) is 0 Å². The molecule has 0 aliphatic carbocycles. The van der Waals surface area contributed by atoms with E-state index in [1.807, 2.05) is 31.2 Å². The largest absolute Gasteiger partial charge is 0.485 e. The molecule has 1 unspecified atom stereocenters. The molecule has 0 spiro atoms. The fraction of sp³-hybridized carbons (Fsp3) is 0.333. The van der Waals surface area contributed by atoms with Crippen LogP contribution in [0.1, 0.15) is 18.3 Å². The zero-order chi connectivity index (χ0) is 12.1. The van der Waals surface area contributed by atoms with Gasteiger partial charge >= 0.3 is 0 Å². The highest BCUT2D eigenvalue weighted by Crippen LogP contribution is 2.14. The zero-order valence-electron chi connectivity index (χ0n) is 9.67. The van der Waals surface area contributed by atoms with Crippen molar-refractivity contribution >= 4 is 0 Å². The molecule has 0 saturated carbocycles. The maximum absolute atomic E-state index is 5.73. The topological polar surface area (TPSA) is 74.2 Å². The standard InChI is InChI=1S/C12H15N3O2/c1-9(13)6-10-2-4-11(5-3-10)16-7-12-14-8-17-15-12/h2-5,8-9H,6-7,13H2,1H3. The van der Waals surface area contributed by atoms with Crippen LogP contribution >= 0.6 is 0 Å². The van der Waals surface area contributed by atoms with Crippen molar-refractivity contribution in [3.05, 3.63) is 42.0 Å². The Morgan fingerprint density at radius 2 is 2.12 bits per heavy atom. The minimum atomic E-state index is 0.168. The van der Waals surface area contributed by atoms with Gasteiger partial charge < -0.3 is 15.0 Å². The van der Waals surface area contributed by atoms with Gasteiger partial charge in [-0.05, 0) is 31.0 Å². The Hall–Kier alpha value is -1.88. The van der Waals surface area contributed by atoms with Crippen LogP contribution in [0.2, 0.25) is 0 Å². The van der Waals surface area contributed by atoms with Gasteiger partial charge in [0.1, 0.15) is 5.75 Å². The van der Waals surface area contributed by atoms with Crippen molar-refractivity contribution in [2.45, 2.75) is 26.0 Å². The molecule has 1 heterocycles. The summed E-state index contributed by atoms with van der Waals surface area (Å²) in [6.07, 6.45) is 2.15. The van der Waals surface area contributed by atoms with E-state index in [4.69, 9.17) is 10.5 Å². The van der Waals surface area contributed by atoms with Crippen LogP contribution in [0.15, 0.2) is 35.2 Å². The highest BCUT2D eigenvalue weighted by Gasteiger charge is 2.01. The fourth-order valence-electron chi connectivity index (χ4n) is 1.50. The van der Waals surface area contributed by atoms with Crippen LogP contribution in [-0.2, 0) is 13.0 Å².